The van der Waals surface area contributed by atoms with Crippen molar-refractivity contribution in [2.45, 2.75) is 13.2 Å². The summed E-state index contributed by atoms with van der Waals surface area (Å²) in [6, 6.07) is 18.5. The van der Waals surface area contributed by atoms with E-state index in [0.29, 0.717) is 33.8 Å². The van der Waals surface area contributed by atoms with Gasteiger partial charge in [-0.2, -0.15) is 0 Å². The zero-order valence-electron chi connectivity index (χ0n) is 16.4. The van der Waals surface area contributed by atoms with Gasteiger partial charge >= 0.3 is 0 Å². The first-order valence-corrected chi connectivity index (χ1v) is 8.85. The molecule has 3 aromatic carbocycles. The van der Waals surface area contributed by atoms with Crippen LogP contribution in [0.15, 0.2) is 66.7 Å². The van der Waals surface area contributed by atoms with Crippen LogP contribution in [0.5, 0.6) is 11.5 Å². The second-order valence-corrected chi connectivity index (χ2v) is 6.34. The number of hydrogen-bond donors (Lipinski definition) is 4. The summed E-state index contributed by atoms with van der Waals surface area (Å²) in [5.74, 6) is 0.689. The number of nitrogens with two attached hydrogens (primary N) is 2. The van der Waals surface area contributed by atoms with E-state index in [2.05, 4.69) is 0 Å². The lowest BCUT2D eigenvalue weighted by atomic mass is 10.1. The fourth-order valence-corrected chi connectivity index (χ4v) is 2.64. The van der Waals surface area contributed by atoms with Gasteiger partial charge in [-0.1, -0.05) is 18.2 Å². The van der Waals surface area contributed by atoms with Crippen LogP contribution in [-0.2, 0) is 13.2 Å². The minimum atomic E-state index is -0.381. The molecule has 0 aliphatic rings. The number of amidine groups is 2. The molecule has 0 aliphatic carbocycles. The van der Waals surface area contributed by atoms with Crippen molar-refractivity contribution in [1.29, 1.82) is 10.8 Å². The fraction of sp³-hybridized carbons (Fsp3) is 0.0909. The van der Waals surface area contributed by atoms with Crippen molar-refractivity contribution in [2.75, 3.05) is 0 Å². The van der Waals surface area contributed by atoms with Gasteiger partial charge in [-0.25, -0.2) is 4.39 Å². The van der Waals surface area contributed by atoms with Gasteiger partial charge in [0.15, 0.2) is 0 Å². The van der Waals surface area contributed by atoms with Gasteiger partial charge in [-0.15, -0.1) is 24.8 Å². The minimum Gasteiger partial charge on any atom is -0.489 e. The number of rotatable bonds is 8. The van der Waals surface area contributed by atoms with E-state index >= 15 is 0 Å². The maximum absolute atomic E-state index is 14.8. The molecule has 31 heavy (non-hydrogen) atoms. The Bertz CT molecular complexity index is 949. The number of ether oxygens (including phenoxy) is 2. The van der Waals surface area contributed by atoms with Crippen LogP contribution in [0.2, 0.25) is 0 Å². The average Bonchev–Trinajstić information content (AvgIpc) is 2.72. The monoisotopic (exact) mass is 464 g/mol. The van der Waals surface area contributed by atoms with Crippen LogP contribution >= 0.6 is 24.8 Å². The molecule has 3 rings (SSSR count). The van der Waals surface area contributed by atoms with Crippen LogP contribution in [0.4, 0.5) is 4.39 Å². The summed E-state index contributed by atoms with van der Waals surface area (Å²) in [7, 11) is 0. The van der Waals surface area contributed by atoms with Crippen LogP contribution in [-0.4, -0.2) is 11.7 Å². The fourth-order valence-electron chi connectivity index (χ4n) is 2.64. The Morgan fingerprint density at radius 3 is 1.35 bits per heavy atom. The first-order valence-electron chi connectivity index (χ1n) is 8.85. The van der Waals surface area contributed by atoms with Gasteiger partial charge in [-0.05, 0) is 48.5 Å². The molecular formula is C22H23Cl2FN4O2. The van der Waals surface area contributed by atoms with Crippen LogP contribution < -0.4 is 20.9 Å². The average molecular weight is 465 g/mol. The third kappa shape index (κ3) is 6.87. The van der Waals surface area contributed by atoms with Crippen molar-refractivity contribution < 1.29 is 13.9 Å². The van der Waals surface area contributed by atoms with Gasteiger partial charge in [0.2, 0.25) is 0 Å². The normalized spacial score (nSPS) is 9.71. The zero-order chi connectivity index (χ0) is 20.8. The van der Waals surface area contributed by atoms with Gasteiger partial charge in [0, 0.05) is 22.3 Å². The molecular weight excluding hydrogens is 442 g/mol. The lowest BCUT2D eigenvalue weighted by molar-refractivity contribution is 0.287. The molecule has 0 amide bonds. The first-order chi connectivity index (χ1) is 13.9. The van der Waals surface area contributed by atoms with Gasteiger partial charge < -0.3 is 20.9 Å². The third-order valence-electron chi connectivity index (χ3n) is 4.28. The molecule has 3 aromatic rings. The molecule has 6 N–H and O–H groups in total. The van der Waals surface area contributed by atoms with Gasteiger partial charge in [-0.3, -0.25) is 10.8 Å². The zero-order valence-corrected chi connectivity index (χ0v) is 18.1. The van der Waals surface area contributed by atoms with E-state index in [-0.39, 0.29) is 55.5 Å². The Balaban J connectivity index is 0.00000240. The molecule has 0 aromatic heterocycles. The summed E-state index contributed by atoms with van der Waals surface area (Å²) in [6.45, 7) is 0.124. The van der Waals surface area contributed by atoms with E-state index in [1.54, 1.807) is 66.7 Å². The summed E-state index contributed by atoms with van der Waals surface area (Å²) >= 11 is 0. The van der Waals surface area contributed by atoms with E-state index in [4.69, 9.17) is 31.8 Å². The molecule has 164 valence electrons. The smallest absolute Gasteiger partial charge is 0.136 e. The molecule has 6 nitrogen and oxygen atoms in total. The maximum atomic E-state index is 14.8. The van der Waals surface area contributed by atoms with Crippen molar-refractivity contribution in [3.05, 3.63) is 94.8 Å². The largest absolute Gasteiger partial charge is 0.489 e. The molecule has 9 heteroatoms. The van der Waals surface area contributed by atoms with Crippen LogP contribution in [0.3, 0.4) is 0 Å². The molecule has 0 radical (unpaired) electrons. The van der Waals surface area contributed by atoms with Crippen molar-refractivity contribution in [3.8, 4) is 11.5 Å². The number of nitrogens with one attached hydrogen (secondary N) is 2. The number of hydrogen-bond acceptors (Lipinski definition) is 4. The standard InChI is InChI=1S/C22H21FN4O2.2ClH/c23-20-16(12-28-18-8-4-14(5-9-18)21(24)25)2-1-3-17(20)13-29-19-10-6-15(7-11-19)22(26)27;;/h1-11H,12-13H2,(H3,24,25)(H3,26,27);2*1H. The molecule has 0 saturated heterocycles. The Morgan fingerprint density at radius 1 is 0.677 bits per heavy atom. The Hall–Kier alpha value is -3.29. The highest BCUT2D eigenvalue weighted by atomic mass is 35.5. The van der Waals surface area contributed by atoms with E-state index < -0.39 is 0 Å². The molecule has 0 spiro atoms. The minimum absolute atomic E-state index is 0. The Morgan fingerprint density at radius 2 is 1.03 bits per heavy atom. The lowest BCUT2D eigenvalue weighted by Gasteiger charge is -2.12. The highest BCUT2D eigenvalue weighted by molar-refractivity contribution is 5.95. The van der Waals surface area contributed by atoms with Crippen LogP contribution in [0, 0.1) is 16.6 Å². The quantitative estimate of drug-likeness (QED) is 0.291. The molecule has 0 saturated carbocycles. The van der Waals surface area contributed by atoms with Crippen LogP contribution in [0.25, 0.3) is 0 Å². The summed E-state index contributed by atoms with van der Waals surface area (Å²) in [6.07, 6.45) is 0. The Kier molecular flexibility index (Phi) is 9.79. The van der Waals surface area contributed by atoms with Gasteiger partial charge in [0.1, 0.15) is 42.2 Å². The van der Waals surface area contributed by atoms with Crippen LogP contribution in [0.1, 0.15) is 22.3 Å². The van der Waals surface area contributed by atoms with Gasteiger partial charge in [0.25, 0.3) is 0 Å². The SMILES string of the molecule is Cl.Cl.N=C(N)c1ccc(OCc2cccc(COc3ccc(C(=N)N)cc3)c2F)cc1. The predicted molar refractivity (Wildman–Crippen MR) is 124 cm³/mol. The first kappa shape index (κ1) is 25.7. The highest BCUT2D eigenvalue weighted by Gasteiger charge is 2.10. The summed E-state index contributed by atoms with van der Waals surface area (Å²) in [5.41, 5.74) is 12.9. The predicted octanol–water partition coefficient (Wildman–Crippen LogP) is 4.40. The van der Waals surface area contributed by atoms with Crippen molar-refractivity contribution in [2.24, 2.45) is 11.5 Å². The van der Waals surface area contributed by atoms with E-state index in [9.17, 15) is 4.39 Å². The van der Waals surface area contributed by atoms with E-state index in [1.165, 1.54) is 0 Å². The molecule has 0 unspecified atom stereocenters. The summed E-state index contributed by atoms with van der Waals surface area (Å²) in [5, 5.41) is 14.8. The number of halogens is 3. The molecule has 0 aliphatic heterocycles. The molecule has 0 atom stereocenters. The topological polar surface area (TPSA) is 118 Å². The van der Waals surface area contributed by atoms with Gasteiger partial charge in [0.05, 0.1) is 0 Å². The maximum Gasteiger partial charge on any atom is 0.136 e. The molecule has 0 heterocycles. The second kappa shape index (κ2) is 11.8. The van der Waals surface area contributed by atoms with Crippen molar-refractivity contribution in [1.82, 2.24) is 0 Å². The number of benzene rings is 3. The van der Waals surface area contributed by atoms with Crippen molar-refractivity contribution >= 4 is 36.5 Å². The highest BCUT2D eigenvalue weighted by Crippen LogP contribution is 2.20. The Labute approximate surface area is 192 Å². The third-order valence-corrected chi connectivity index (χ3v) is 4.28. The lowest BCUT2D eigenvalue weighted by Crippen LogP contribution is -2.10. The summed E-state index contributed by atoms with van der Waals surface area (Å²) < 4.78 is 26.0. The number of nitrogen functional groups attached to an aromatic ring is 2. The van der Waals surface area contributed by atoms with E-state index in [0.717, 1.165) is 0 Å². The van der Waals surface area contributed by atoms with Crippen molar-refractivity contribution in [3.63, 3.8) is 0 Å². The summed E-state index contributed by atoms with van der Waals surface area (Å²) in [4.78, 5) is 0. The molecule has 0 bridgehead atoms. The molecule has 0 fully saturated rings. The second-order valence-electron chi connectivity index (χ2n) is 6.34. The van der Waals surface area contributed by atoms with E-state index in [1.807, 2.05) is 0 Å².